The molecule has 2 aromatic carbocycles. The average Bonchev–Trinajstić information content (AvgIpc) is 3.12. The van der Waals surface area contributed by atoms with Crippen LogP contribution in [0.4, 0.5) is 10.8 Å². The van der Waals surface area contributed by atoms with E-state index in [2.05, 4.69) is 4.98 Å². The van der Waals surface area contributed by atoms with Crippen LogP contribution in [0, 0.1) is 27.7 Å². The second-order valence-corrected chi connectivity index (χ2v) is 8.00. The Morgan fingerprint density at radius 3 is 2.38 bits per heavy atom. The molecule has 1 heterocycles. The molecule has 0 radical (unpaired) electrons. The third-order valence-corrected chi connectivity index (χ3v) is 5.48. The zero-order valence-corrected chi connectivity index (χ0v) is 18.1. The Hall–Kier alpha value is -2.99. The molecule has 6 heteroatoms. The molecule has 0 aliphatic rings. The van der Waals surface area contributed by atoms with E-state index < -0.39 is 0 Å². The molecule has 0 unspecified atom stereocenters. The number of aromatic nitrogens is 1. The monoisotopic (exact) mass is 408 g/mol. The lowest BCUT2D eigenvalue weighted by Gasteiger charge is -2.20. The van der Waals surface area contributed by atoms with Gasteiger partial charge in [0.1, 0.15) is 6.61 Å². The number of aryl methyl sites for hydroxylation is 4. The number of hydrogen-bond donors (Lipinski definition) is 0. The zero-order valence-electron chi connectivity index (χ0n) is 17.3. The number of carbonyl (C=O) groups is 2. The molecule has 0 atom stereocenters. The molecule has 0 saturated carbocycles. The number of benzene rings is 2. The Balaban J connectivity index is 1.77. The Labute approximate surface area is 175 Å². The minimum Gasteiger partial charge on any atom is -0.456 e. The van der Waals surface area contributed by atoms with E-state index >= 15 is 0 Å². The molecule has 3 rings (SSSR count). The number of amides is 1. The molecule has 0 fully saturated rings. The van der Waals surface area contributed by atoms with Gasteiger partial charge in [-0.05, 0) is 51.0 Å². The Morgan fingerprint density at radius 1 is 1.00 bits per heavy atom. The molecule has 5 nitrogen and oxygen atoms in total. The van der Waals surface area contributed by atoms with Crippen molar-refractivity contribution in [3.63, 3.8) is 0 Å². The highest BCUT2D eigenvalue weighted by Gasteiger charge is 2.20. The second kappa shape index (κ2) is 8.57. The van der Waals surface area contributed by atoms with E-state index in [0.29, 0.717) is 16.4 Å². The zero-order chi connectivity index (χ0) is 21.1. The molecule has 0 N–H and O–H groups in total. The van der Waals surface area contributed by atoms with Gasteiger partial charge in [0.05, 0.1) is 16.9 Å². The first-order valence-corrected chi connectivity index (χ1v) is 10.2. The molecule has 0 aliphatic heterocycles. The lowest BCUT2D eigenvalue weighted by molar-refractivity contribution is -0.115. The highest BCUT2D eigenvalue weighted by molar-refractivity contribution is 7.14. The number of carbonyl (C=O) groups excluding carboxylic acids is 2. The molecular formula is C23H24N2O3S. The van der Waals surface area contributed by atoms with Gasteiger partial charge in [-0.3, -0.25) is 9.69 Å². The van der Waals surface area contributed by atoms with Crippen molar-refractivity contribution in [2.75, 3.05) is 4.90 Å². The number of rotatable bonds is 5. The van der Waals surface area contributed by atoms with Crippen molar-refractivity contribution in [1.29, 1.82) is 0 Å². The van der Waals surface area contributed by atoms with Crippen LogP contribution in [0.15, 0.2) is 41.8 Å². The predicted octanol–water partition coefficient (Wildman–Crippen LogP) is 5.42. The first-order valence-electron chi connectivity index (χ1n) is 9.33. The highest BCUT2D eigenvalue weighted by atomic mass is 32.1. The van der Waals surface area contributed by atoms with Crippen LogP contribution in [0.25, 0.3) is 0 Å². The third-order valence-electron chi connectivity index (χ3n) is 4.60. The van der Waals surface area contributed by atoms with Gasteiger partial charge in [0.15, 0.2) is 5.13 Å². The Morgan fingerprint density at radius 2 is 1.69 bits per heavy atom. The summed E-state index contributed by atoms with van der Waals surface area (Å²) in [5.41, 5.74) is 5.98. The normalized spacial score (nSPS) is 10.7. The predicted molar refractivity (Wildman–Crippen MR) is 116 cm³/mol. The summed E-state index contributed by atoms with van der Waals surface area (Å²) in [5, 5.41) is 2.37. The minimum atomic E-state index is -0.376. The van der Waals surface area contributed by atoms with Crippen LogP contribution in [-0.4, -0.2) is 16.9 Å². The number of nitrogens with zero attached hydrogens (tertiary/aromatic N) is 2. The quantitative estimate of drug-likeness (QED) is 0.529. The first kappa shape index (κ1) is 20.7. The van der Waals surface area contributed by atoms with Gasteiger partial charge < -0.3 is 4.74 Å². The van der Waals surface area contributed by atoms with Crippen molar-refractivity contribution < 1.29 is 14.3 Å². The van der Waals surface area contributed by atoms with Gasteiger partial charge in [0.25, 0.3) is 0 Å². The fourth-order valence-electron chi connectivity index (χ4n) is 3.10. The minimum absolute atomic E-state index is 0.0569. The number of anilines is 2. The molecule has 29 heavy (non-hydrogen) atoms. The van der Waals surface area contributed by atoms with E-state index in [1.807, 2.05) is 69.5 Å². The maximum atomic E-state index is 12.4. The summed E-state index contributed by atoms with van der Waals surface area (Å²) in [4.78, 5) is 30.9. The molecule has 1 amide bonds. The van der Waals surface area contributed by atoms with E-state index in [-0.39, 0.29) is 18.5 Å². The van der Waals surface area contributed by atoms with Gasteiger partial charge in [0, 0.05) is 12.3 Å². The molecule has 3 aromatic rings. The van der Waals surface area contributed by atoms with Crippen LogP contribution in [0.5, 0.6) is 0 Å². The average molecular weight is 409 g/mol. The van der Waals surface area contributed by atoms with Crippen LogP contribution in [0.1, 0.15) is 45.2 Å². The van der Waals surface area contributed by atoms with Crippen molar-refractivity contribution in [1.82, 2.24) is 4.98 Å². The van der Waals surface area contributed by atoms with Crippen molar-refractivity contribution >= 4 is 34.0 Å². The smallest absolute Gasteiger partial charge is 0.338 e. The summed E-state index contributed by atoms with van der Waals surface area (Å²) in [6.07, 6.45) is 0. The fourth-order valence-corrected chi connectivity index (χ4v) is 3.97. The second-order valence-electron chi connectivity index (χ2n) is 7.16. The summed E-state index contributed by atoms with van der Waals surface area (Å²) in [6.45, 7) is 9.37. The first-order chi connectivity index (χ1) is 13.8. The Kier molecular flexibility index (Phi) is 6.13. The summed E-state index contributed by atoms with van der Waals surface area (Å²) < 4.78 is 5.45. The van der Waals surface area contributed by atoms with E-state index in [1.165, 1.54) is 18.3 Å². The summed E-state index contributed by atoms with van der Waals surface area (Å²) in [5.74, 6) is -0.496. The molecule has 0 bridgehead atoms. The molecule has 150 valence electrons. The van der Waals surface area contributed by atoms with E-state index in [4.69, 9.17) is 4.74 Å². The number of ether oxygens (including phenoxy) is 1. The maximum absolute atomic E-state index is 12.4. The molecule has 0 aliphatic carbocycles. The van der Waals surface area contributed by atoms with Crippen LogP contribution in [0.3, 0.4) is 0 Å². The number of thiazole rings is 1. The molecule has 1 aromatic heterocycles. The summed E-state index contributed by atoms with van der Waals surface area (Å²) in [6, 6.07) is 11.6. The van der Waals surface area contributed by atoms with Gasteiger partial charge in [-0.25, -0.2) is 9.78 Å². The van der Waals surface area contributed by atoms with Crippen LogP contribution >= 0.6 is 11.3 Å². The third kappa shape index (κ3) is 4.71. The molecule has 0 spiro atoms. The Bertz CT molecular complexity index is 1070. The van der Waals surface area contributed by atoms with Crippen molar-refractivity contribution in [3.8, 4) is 0 Å². The van der Waals surface area contributed by atoms with E-state index in [9.17, 15) is 9.59 Å². The van der Waals surface area contributed by atoms with E-state index in [0.717, 1.165) is 27.9 Å². The van der Waals surface area contributed by atoms with Crippen molar-refractivity contribution in [2.24, 2.45) is 0 Å². The summed E-state index contributed by atoms with van der Waals surface area (Å²) >= 11 is 1.35. The van der Waals surface area contributed by atoms with Gasteiger partial charge in [-0.2, -0.15) is 0 Å². The van der Waals surface area contributed by atoms with Gasteiger partial charge >= 0.3 is 5.97 Å². The molecule has 0 saturated heterocycles. The van der Waals surface area contributed by atoms with Crippen molar-refractivity contribution in [2.45, 2.75) is 41.2 Å². The lowest BCUT2D eigenvalue weighted by Crippen LogP contribution is -2.23. The van der Waals surface area contributed by atoms with E-state index in [1.54, 1.807) is 4.90 Å². The van der Waals surface area contributed by atoms with Gasteiger partial charge in [0.2, 0.25) is 5.91 Å². The maximum Gasteiger partial charge on any atom is 0.338 e. The number of hydrogen-bond acceptors (Lipinski definition) is 5. The molecular weight excluding hydrogens is 384 g/mol. The van der Waals surface area contributed by atoms with Crippen LogP contribution in [-0.2, 0) is 16.1 Å². The highest BCUT2D eigenvalue weighted by Crippen LogP contribution is 2.32. The largest absolute Gasteiger partial charge is 0.456 e. The summed E-state index contributed by atoms with van der Waals surface area (Å²) in [7, 11) is 0. The van der Waals surface area contributed by atoms with Crippen LogP contribution < -0.4 is 4.90 Å². The van der Waals surface area contributed by atoms with Crippen molar-refractivity contribution in [3.05, 3.63) is 75.3 Å². The fraction of sp³-hybridized carbons (Fsp3) is 0.261. The SMILES string of the molecule is CC(=O)N(c1nc(COC(=O)c2cc(C)ccc2C)cs1)c1ccc(C)cc1C. The van der Waals surface area contributed by atoms with Crippen LogP contribution in [0.2, 0.25) is 0 Å². The van der Waals surface area contributed by atoms with Gasteiger partial charge in [-0.15, -0.1) is 11.3 Å². The lowest BCUT2D eigenvalue weighted by atomic mass is 10.1. The number of esters is 1. The standard InChI is InChI=1S/C23H24N2O3S/c1-14-7-9-21(17(4)10-14)25(18(5)26)23-24-19(13-29-23)12-28-22(27)20-11-15(2)6-8-16(20)3/h6-11,13H,12H2,1-5H3. The topological polar surface area (TPSA) is 59.5 Å². The van der Waals surface area contributed by atoms with Gasteiger partial charge in [-0.1, -0.05) is 35.4 Å².